The number of nitrogens with zero attached hydrogens (tertiary/aromatic N) is 1. The first-order valence-corrected chi connectivity index (χ1v) is 11.3. The third kappa shape index (κ3) is 4.98. The van der Waals surface area contributed by atoms with Gasteiger partial charge in [0, 0.05) is 17.0 Å². The number of nitrogens with one attached hydrogen (secondary N) is 1. The van der Waals surface area contributed by atoms with E-state index in [4.69, 9.17) is 15.2 Å². The van der Waals surface area contributed by atoms with Crippen molar-refractivity contribution in [2.24, 2.45) is 5.73 Å². The standard InChI is InChI=1S/C24H23N3O5S/c1-2-31-24(30)27-13-12-18-19(14-27)33-23(20(18)21(25)28)26-22(29)15-8-10-17(11-9-15)32-16-6-4-3-5-7-16/h3-11H,2,12-14H2,1H3,(H2,25,28)(H,26,29). The van der Waals surface area contributed by atoms with Crippen LogP contribution in [0.15, 0.2) is 54.6 Å². The summed E-state index contributed by atoms with van der Waals surface area (Å²) in [5.74, 6) is 0.312. The number of nitrogens with two attached hydrogens (primary N) is 1. The van der Waals surface area contributed by atoms with Crippen molar-refractivity contribution in [2.75, 3.05) is 18.5 Å². The van der Waals surface area contributed by atoms with E-state index in [2.05, 4.69) is 5.32 Å². The Morgan fingerprint density at radius 1 is 1.06 bits per heavy atom. The Labute approximate surface area is 194 Å². The molecule has 3 aromatic rings. The van der Waals surface area contributed by atoms with Gasteiger partial charge < -0.3 is 25.4 Å². The van der Waals surface area contributed by atoms with Crippen LogP contribution in [-0.2, 0) is 17.7 Å². The molecule has 0 spiro atoms. The number of benzene rings is 2. The number of para-hydroxylation sites is 1. The fourth-order valence-corrected chi connectivity index (χ4v) is 4.86. The van der Waals surface area contributed by atoms with Crippen molar-refractivity contribution >= 4 is 34.2 Å². The lowest BCUT2D eigenvalue weighted by Crippen LogP contribution is -2.36. The number of hydrogen-bond donors (Lipinski definition) is 2. The van der Waals surface area contributed by atoms with E-state index in [-0.39, 0.29) is 12.5 Å². The summed E-state index contributed by atoms with van der Waals surface area (Å²) in [7, 11) is 0. The van der Waals surface area contributed by atoms with Crippen LogP contribution in [-0.4, -0.2) is 36.0 Å². The maximum atomic E-state index is 12.8. The smallest absolute Gasteiger partial charge is 0.410 e. The molecule has 0 atom stereocenters. The predicted molar refractivity (Wildman–Crippen MR) is 125 cm³/mol. The first-order chi connectivity index (χ1) is 16.0. The van der Waals surface area contributed by atoms with Crippen LogP contribution < -0.4 is 15.8 Å². The van der Waals surface area contributed by atoms with Gasteiger partial charge in [-0.2, -0.15) is 0 Å². The molecule has 0 unspecified atom stereocenters. The summed E-state index contributed by atoms with van der Waals surface area (Å²) in [6.07, 6.45) is 0.0604. The van der Waals surface area contributed by atoms with Crippen LogP contribution in [0.5, 0.6) is 11.5 Å². The molecule has 0 saturated heterocycles. The average molecular weight is 466 g/mol. The van der Waals surface area contributed by atoms with E-state index in [0.29, 0.717) is 47.1 Å². The minimum absolute atomic E-state index is 0.287. The number of amides is 3. The Morgan fingerprint density at radius 2 is 1.76 bits per heavy atom. The largest absolute Gasteiger partial charge is 0.457 e. The molecule has 8 nitrogen and oxygen atoms in total. The van der Waals surface area contributed by atoms with E-state index in [0.717, 1.165) is 10.4 Å². The van der Waals surface area contributed by atoms with Gasteiger partial charge in [0.15, 0.2) is 0 Å². The molecule has 1 aromatic heterocycles. The molecule has 33 heavy (non-hydrogen) atoms. The van der Waals surface area contributed by atoms with E-state index >= 15 is 0 Å². The summed E-state index contributed by atoms with van der Waals surface area (Å²) in [6, 6.07) is 16.0. The Morgan fingerprint density at radius 3 is 2.42 bits per heavy atom. The number of carbonyl (C=O) groups is 3. The number of anilines is 1. The van der Waals surface area contributed by atoms with Gasteiger partial charge in [-0.3, -0.25) is 9.59 Å². The molecule has 0 radical (unpaired) electrons. The fourth-order valence-electron chi connectivity index (χ4n) is 3.60. The number of rotatable bonds is 6. The van der Waals surface area contributed by atoms with Crippen molar-refractivity contribution in [2.45, 2.75) is 19.9 Å². The summed E-state index contributed by atoms with van der Waals surface area (Å²) < 4.78 is 10.8. The van der Waals surface area contributed by atoms with Gasteiger partial charge in [0.2, 0.25) is 0 Å². The SMILES string of the molecule is CCOC(=O)N1CCc2c(sc(NC(=O)c3ccc(Oc4ccccc4)cc3)c2C(N)=O)C1. The van der Waals surface area contributed by atoms with Gasteiger partial charge in [0.1, 0.15) is 16.5 Å². The highest BCUT2D eigenvalue weighted by Gasteiger charge is 2.30. The number of hydrogen-bond acceptors (Lipinski definition) is 6. The van der Waals surface area contributed by atoms with Crippen LogP contribution in [0.25, 0.3) is 0 Å². The Balaban J connectivity index is 1.50. The Kier molecular flexibility index (Phi) is 6.60. The third-order valence-corrected chi connectivity index (χ3v) is 6.28. The highest BCUT2D eigenvalue weighted by atomic mass is 32.1. The van der Waals surface area contributed by atoms with Crippen molar-refractivity contribution in [1.29, 1.82) is 0 Å². The summed E-state index contributed by atoms with van der Waals surface area (Å²) in [5, 5.41) is 3.19. The average Bonchev–Trinajstić information content (AvgIpc) is 3.17. The number of primary amides is 1. The molecule has 0 aliphatic carbocycles. The maximum Gasteiger partial charge on any atom is 0.410 e. The topological polar surface area (TPSA) is 111 Å². The van der Waals surface area contributed by atoms with Crippen LogP contribution in [0, 0.1) is 0 Å². The van der Waals surface area contributed by atoms with Gasteiger partial charge in [-0.1, -0.05) is 18.2 Å². The summed E-state index contributed by atoms with van der Waals surface area (Å²) in [5.41, 5.74) is 7.11. The zero-order valence-corrected chi connectivity index (χ0v) is 18.8. The van der Waals surface area contributed by atoms with Crippen LogP contribution in [0.3, 0.4) is 0 Å². The molecule has 170 valence electrons. The van der Waals surface area contributed by atoms with Crippen molar-refractivity contribution in [3.05, 3.63) is 76.2 Å². The van der Waals surface area contributed by atoms with Crippen LogP contribution in [0.1, 0.15) is 38.1 Å². The van der Waals surface area contributed by atoms with Crippen molar-refractivity contribution < 1.29 is 23.9 Å². The normalized spacial score (nSPS) is 12.6. The number of fused-ring (bicyclic) bond motifs is 1. The third-order valence-electron chi connectivity index (χ3n) is 5.15. The van der Waals surface area contributed by atoms with E-state index in [1.165, 1.54) is 11.3 Å². The molecule has 0 bridgehead atoms. The first-order valence-electron chi connectivity index (χ1n) is 10.5. The van der Waals surface area contributed by atoms with E-state index in [9.17, 15) is 14.4 Å². The van der Waals surface area contributed by atoms with Gasteiger partial charge in [-0.25, -0.2) is 4.79 Å². The molecular formula is C24H23N3O5S. The molecule has 9 heteroatoms. The van der Waals surface area contributed by atoms with Gasteiger partial charge >= 0.3 is 6.09 Å². The van der Waals surface area contributed by atoms with E-state index in [1.807, 2.05) is 30.3 Å². The summed E-state index contributed by atoms with van der Waals surface area (Å²) >= 11 is 1.25. The molecule has 0 fully saturated rings. The molecule has 2 heterocycles. The molecule has 3 amide bonds. The van der Waals surface area contributed by atoms with Gasteiger partial charge in [-0.05, 0) is 55.3 Å². The lowest BCUT2D eigenvalue weighted by atomic mass is 10.0. The number of thiophene rings is 1. The predicted octanol–water partition coefficient (Wildman–Crippen LogP) is 4.41. The second-order valence-electron chi connectivity index (χ2n) is 7.34. The van der Waals surface area contributed by atoms with Gasteiger partial charge in [0.25, 0.3) is 11.8 Å². The summed E-state index contributed by atoms with van der Waals surface area (Å²) in [4.78, 5) is 39.5. The molecular weight excluding hydrogens is 442 g/mol. The van der Waals surface area contributed by atoms with Crippen LogP contribution in [0.4, 0.5) is 9.80 Å². The Hall–Kier alpha value is -3.85. The van der Waals surface area contributed by atoms with Gasteiger partial charge in [-0.15, -0.1) is 11.3 Å². The highest BCUT2D eigenvalue weighted by Crippen LogP contribution is 2.37. The second-order valence-corrected chi connectivity index (χ2v) is 8.44. The van der Waals surface area contributed by atoms with E-state index < -0.39 is 12.0 Å². The van der Waals surface area contributed by atoms with E-state index in [1.54, 1.807) is 36.1 Å². The van der Waals surface area contributed by atoms with Crippen LogP contribution >= 0.6 is 11.3 Å². The maximum absolute atomic E-state index is 12.8. The lowest BCUT2D eigenvalue weighted by molar-refractivity contribution is 0.0997. The molecule has 3 N–H and O–H groups in total. The van der Waals surface area contributed by atoms with Crippen molar-refractivity contribution in [1.82, 2.24) is 4.90 Å². The highest BCUT2D eigenvalue weighted by molar-refractivity contribution is 7.17. The Bertz CT molecular complexity index is 1170. The first kappa shape index (κ1) is 22.3. The zero-order chi connectivity index (χ0) is 23.4. The van der Waals surface area contributed by atoms with Crippen molar-refractivity contribution in [3.8, 4) is 11.5 Å². The quantitative estimate of drug-likeness (QED) is 0.560. The minimum Gasteiger partial charge on any atom is -0.457 e. The van der Waals surface area contributed by atoms with Crippen LogP contribution in [0.2, 0.25) is 0 Å². The van der Waals surface area contributed by atoms with Crippen molar-refractivity contribution in [3.63, 3.8) is 0 Å². The molecule has 4 rings (SSSR count). The molecule has 1 aliphatic heterocycles. The molecule has 0 saturated carbocycles. The minimum atomic E-state index is -0.612. The lowest BCUT2D eigenvalue weighted by Gasteiger charge is -2.26. The van der Waals surface area contributed by atoms with Gasteiger partial charge in [0.05, 0.1) is 18.7 Å². The summed E-state index contributed by atoms with van der Waals surface area (Å²) in [6.45, 7) is 2.76. The number of ether oxygens (including phenoxy) is 2. The fraction of sp³-hybridized carbons (Fsp3) is 0.208. The monoisotopic (exact) mass is 465 g/mol. The molecule has 1 aliphatic rings. The second kappa shape index (κ2) is 9.74. The zero-order valence-electron chi connectivity index (χ0n) is 18.0. The number of carbonyl (C=O) groups excluding carboxylic acids is 3. The molecule has 2 aromatic carbocycles.